The van der Waals surface area contributed by atoms with Crippen LogP contribution in [0, 0.1) is 0 Å². The molecule has 0 saturated heterocycles. The fraction of sp³-hybridized carbons (Fsp3) is 0.357. The molecule has 1 unspecified atom stereocenters. The average molecular weight is 339 g/mol. The highest BCUT2D eigenvalue weighted by Gasteiger charge is 2.17. The number of aryl methyl sites for hydroxylation is 2. The number of rotatable bonds is 6. The van der Waals surface area contributed by atoms with Gasteiger partial charge in [-0.2, -0.15) is 5.10 Å². The molecule has 2 rings (SSSR count). The maximum absolute atomic E-state index is 5.68. The molecule has 0 aliphatic carbocycles. The number of nitrogens with two attached hydrogens (primary N) is 1. The van der Waals surface area contributed by atoms with Crippen molar-refractivity contribution in [1.29, 1.82) is 0 Å². The summed E-state index contributed by atoms with van der Waals surface area (Å²) in [5.74, 6) is 6.55. The molecule has 1 heterocycles. The maximum Gasteiger partial charge on any atom is 0.118 e. The van der Waals surface area contributed by atoms with Crippen molar-refractivity contribution in [2.24, 2.45) is 12.9 Å². The maximum atomic E-state index is 5.68. The highest BCUT2D eigenvalue weighted by Crippen LogP contribution is 2.25. The van der Waals surface area contributed by atoms with Crippen LogP contribution in [0.3, 0.4) is 0 Å². The largest absolute Gasteiger partial charge is 0.497 e. The number of methoxy groups -OCH3 is 1. The third kappa shape index (κ3) is 3.39. The van der Waals surface area contributed by atoms with E-state index in [1.165, 1.54) is 5.56 Å². The van der Waals surface area contributed by atoms with E-state index in [1.54, 1.807) is 13.3 Å². The van der Waals surface area contributed by atoms with Crippen molar-refractivity contribution in [2.75, 3.05) is 7.11 Å². The van der Waals surface area contributed by atoms with E-state index >= 15 is 0 Å². The van der Waals surface area contributed by atoms with Crippen molar-refractivity contribution in [3.63, 3.8) is 0 Å². The van der Waals surface area contributed by atoms with Crippen molar-refractivity contribution < 1.29 is 4.74 Å². The van der Waals surface area contributed by atoms with Crippen LogP contribution < -0.4 is 16.0 Å². The normalized spacial score (nSPS) is 12.4. The molecule has 0 fully saturated rings. The second-order valence-electron chi connectivity index (χ2n) is 4.61. The molecule has 1 atom stereocenters. The molecule has 6 heteroatoms. The third-order valence-corrected chi connectivity index (χ3v) is 3.96. The van der Waals surface area contributed by atoms with Crippen LogP contribution in [-0.4, -0.2) is 16.9 Å². The molecule has 1 aromatic heterocycles. The lowest BCUT2D eigenvalue weighted by molar-refractivity contribution is 0.414. The fourth-order valence-electron chi connectivity index (χ4n) is 2.21. The Bertz CT molecular complexity index is 533. The van der Waals surface area contributed by atoms with E-state index < -0.39 is 0 Å². The molecule has 0 aliphatic heterocycles. The van der Waals surface area contributed by atoms with Crippen molar-refractivity contribution >= 4 is 15.9 Å². The van der Waals surface area contributed by atoms with Gasteiger partial charge >= 0.3 is 0 Å². The Labute approximate surface area is 127 Å². The van der Waals surface area contributed by atoms with Gasteiger partial charge in [0, 0.05) is 7.05 Å². The molecular weight excluding hydrogens is 320 g/mol. The van der Waals surface area contributed by atoms with Crippen molar-refractivity contribution in [1.82, 2.24) is 15.2 Å². The lowest BCUT2D eigenvalue weighted by Gasteiger charge is -2.17. The monoisotopic (exact) mass is 338 g/mol. The second kappa shape index (κ2) is 6.88. The molecule has 0 bridgehead atoms. The van der Waals surface area contributed by atoms with Gasteiger partial charge in [-0.25, -0.2) is 0 Å². The molecular formula is C14H19BrN4O. The summed E-state index contributed by atoms with van der Waals surface area (Å²) in [6.07, 6.45) is 3.60. The standard InChI is InChI=1S/C14H19BrN4O/c1-19-14(12(15)9-17-19)13(18-16)8-5-10-3-6-11(20-2)7-4-10/h3-4,6-7,9,13,18H,5,8,16H2,1-2H3. The van der Waals surface area contributed by atoms with E-state index in [0.29, 0.717) is 0 Å². The lowest BCUT2D eigenvalue weighted by atomic mass is 10.0. The first-order valence-corrected chi connectivity index (χ1v) is 7.21. The number of ether oxygens (including phenoxy) is 1. The highest BCUT2D eigenvalue weighted by atomic mass is 79.9. The van der Waals surface area contributed by atoms with E-state index in [0.717, 1.165) is 28.8 Å². The van der Waals surface area contributed by atoms with E-state index in [4.69, 9.17) is 10.6 Å². The Morgan fingerprint density at radius 2 is 2.10 bits per heavy atom. The summed E-state index contributed by atoms with van der Waals surface area (Å²) in [5.41, 5.74) is 5.17. The van der Waals surface area contributed by atoms with Gasteiger partial charge in [-0.05, 0) is 46.5 Å². The zero-order chi connectivity index (χ0) is 14.5. The van der Waals surface area contributed by atoms with Crippen LogP contribution in [-0.2, 0) is 13.5 Å². The van der Waals surface area contributed by atoms with Crippen molar-refractivity contribution in [2.45, 2.75) is 18.9 Å². The number of aromatic nitrogens is 2. The second-order valence-corrected chi connectivity index (χ2v) is 5.46. The number of halogens is 1. The molecule has 108 valence electrons. The van der Waals surface area contributed by atoms with Crippen molar-refractivity contribution in [3.05, 3.63) is 46.2 Å². The van der Waals surface area contributed by atoms with Gasteiger partial charge in [0.2, 0.25) is 0 Å². The molecule has 0 spiro atoms. The highest BCUT2D eigenvalue weighted by molar-refractivity contribution is 9.10. The van der Waals surface area contributed by atoms with Gasteiger partial charge in [-0.15, -0.1) is 0 Å². The Hall–Kier alpha value is -1.37. The van der Waals surface area contributed by atoms with Gasteiger partial charge < -0.3 is 4.74 Å². The Kier molecular flexibility index (Phi) is 5.17. The summed E-state index contributed by atoms with van der Waals surface area (Å²) in [5, 5.41) is 4.22. The number of hydrogen-bond acceptors (Lipinski definition) is 4. The number of benzene rings is 1. The van der Waals surface area contributed by atoms with Crippen LogP contribution in [0.2, 0.25) is 0 Å². The zero-order valence-electron chi connectivity index (χ0n) is 11.6. The molecule has 0 radical (unpaired) electrons. The third-order valence-electron chi connectivity index (χ3n) is 3.35. The minimum absolute atomic E-state index is 0.0546. The van der Waals surface area contributed by atoms with Gasteiger partial charge in [-0.3, -0.25) is 16.0 Å². The molecule has 0 amide bonds. The minimum Gasteiger partial charge on any atom is -0.497 e. The van der Waals surface area contributed by atoms with E-state index in [2.05, 4.69) is 38.6 Å². The van der Waals surface area contributed by atoms with E-state index in [1.807, 2.05) is 23.9 Å². The predicted molar refractivity (Wildman–Crippen MR) is 82.3 cm³/mol. The molecule has 1 aromatic carbocycles. The van der Waals surface area contributed by atoms with Gasteiger partial charge in [0.25, 0.3) is 0 Å². The summed E-state index contributed by atoms with van der Waals surface area (Å²) in [6, 6.07) is 8.15. The molecule has 0 aliphatic rings. The number of nitrogens with zero attached hydrogens (tertiary/aromatic N) is 2. The van der Waals surface area contributed by atoms with Crippen LogP contribution in [0.25, 0.3) is 0 Å². The van der Waals surface area contributed by atoms with Crippen LogP contribution >= 0.6 is 15.9 Å². The van der Waals surface area contributed by atoms with Crippen LogP contribution in [0.15, 0.2) is 34.9 Å². The molecule has 2 aromatic rings. The summed E-state index contributed by atoms with van der Waals surface area (Å²) < 4.78 is 7.96. The van der Waals surface area contributed by atoms with Gasteiger partial charge in [0.05, 0.1) is 29.5 Å². The number of hydrazine groups is 1. The summed E-state index contributed by atoms with van der Waals surface area (Å²) in [7, 11) is 3.58. The molecule has 0 saturated carbocycles. The van der Waals surface area contributed by atoms with Crippen LogP contribution in [0.4, 0.5) is 0 Å². The quantitative estimate of drug-likeness (QED) is 0.626. The van der Waals surface area contributed by atoms with Crippen LogP contribution in [0.5, 0.6) is 5.75 Å². The first-order valence-electron chi connectivity index (χ1n) is 6.42. The fourth-order valence-corrected chi connectivity index (χ4v) is 2.84. The van der Waals surface area contributed by atoms with Gasteiger partial charge in [-0.1, -0.05) is 12.1 Å². The zero-order valence-corrected chi connectivity index (χ0v) is 13.2. The number of hydrogen-bond donors (Lipinski definition) is 2. The van der Waals surface area contributed by atoms with E-state index in [-0.39, 0.29) is 6.04 Å². The Morgan fingerprint density at radius 1 is 1.40 bits per heavy atom. The van der Waals surface area contributed by atoms with Crippen molar-refractivity contribution in [3.8, 4) is 5.75 Å². The summed E-state index contributed by atoms with van der Waals surface area (Å²) in [6.45, 7) is 0. The lowest BCUT2D eigenvalue weighted by Crippen LogP contribution is -2.30. The molecule has 3 N–H and O–H groups in total. The predicted octanol–water partition coefficient (Wildman–Crippen LogP) is 2.33. The number of nitrogens with one attached hydrogen (secondary N) is 1. The summed E-state index contributed by atoms with van der Waals surface area (Å²) >= 11 is 3.51. The van der Waals surface area contributed by atoms with E-state index in [9.17, 15) is 0 Å². The smallest absolute Gasteiger partial charge is 0.118 e. The molecule has 5 nitrogen and oxygen atoms in total. The SMILES string of the molecule is COc1ccc(CCC(NN)c2c(Br)cnn2C)cc1. The topological polar surface area (TPSA) is 65.1 Å². The Morgan fingerprint density at radius 3 is 2.60 bits per heavy atom. The Balaban J connectivity index is 2.03. The first-order chi connectivity index (χ1) is 9.65. The summed E-state index contributed by atoms with van der Waals surface area (Å²) in [4.78, 5) is 0. The van der Waals surface area contributed by atoms with Gasteiger partial charge in [0.15, 0.2) is 0 Å². The average Bonchev–Trinajstić information content (AvgIpc) is 2.81. The van der Waals surface area contributed by atoms with Crippen LogP contribution in [0.1, 0.15) is 23.7 Å². The van der Waals surface area contributed by atoms with Gasteiger partial charge in [0.1, 0.15) is 5.75 Å². The first kappa shape index (κ1) is 15.0. The molecule has 20 heavy (non-hydrogen) atoms. The minimum atomic E-state index is 0.0546.